The number of likely N-dealkylation sites (tertiary alicyclic amines) is 1. The predicted molar refractivity (Wildman–Crippen MR) is 81.1 cm³/mol. The van der Waals surface area contributed by atoms with E-state index in [-0.39, 0.29) is 0 Å². The van der Waals surface area contributed by atoms with E-state index in [1.807, 2.05) is 18.2 Å². The lowest BCUT2D eigenvalue weighted by molar-refractivity contribution is 0.243. The van der Waals surface area contributed by atoms with E-state index in [4.69, 9.17) is 18.0 Å². The minimum Gasteiger partial charge on any atom is -0.382 e. The summed E-state index contributed by atoms with van der Waals surface area (Å²) < 4.78 is 0.930. The number of benzene rings is 1. The zero-order valence-electron chi connectivity index (χ0n) is 10.1. The first-order valence-electron chi connectivity index (χ1n) is 6.06. The number of anilines is 1. The van der Waals surface area contributed by atoms with Gasteiger partial charge in [0.15, 0.2) is 0 Å². The number of hydrogen-bond acceptors (Lipinski definition) is 2. The summed E-state index contributed by atoms with van der Waals surface area (Å²) in [5, 5.41) is 4.28. The Morgan fingerprint density at radius 2 is 2.17 bits per heavy atom. The predicted octanol–water partition coefficient (Wildman–Crippen LogP) is 3.61. The van der Waals surface area contributed by atoms with Crippen molar-refractivity contribution in [1.82, 2.24) is 4.90 Å². The van der Waals surface area contributed by atoms with Gasteiger partial charge in [-0.2, -0.15) is 0 Å². The lowest BCUT2D eigenvalue weighted by atomic mass is 10.0. The second-order valence-corrected chi connectivity index (χ2v) is 5.79. The number of piperidine rings is 1. The lowest BCUT2D eigenvalue weighted by Crippen LogP contribution is -2.39. The van der Waals surface area contributed by atoms with Crippen molar-refractivity contribution in [2.75, 3.05) is 25.0 Å². The zero-order chi connectivity index (χ0) is 13.0. The maximum absolute atomic E-state index is 5.98. The summed E-state index contributed by atoms with van der Waals surface area (Å²) in [6, 6.07) is 6.46. The summed E-state index contributed by atoms with van der Waals surface area (Å²) >= 11 is 9.42. The van der Waals surface area contributed by atoms with Gasteiger partial charge >= 0.3 is 0 Å². The molecular weight excluding hydrogens is 312 g/mol. The Labute approximate surface area is 122 Å². The van der Waals surface area contributed by atoms with Crippen molar-refractivity contribution in [2.45, 2.75) is 18.9 Å². The highest BCUT2D eigenvalue weighted by molar-refractivity contribution is 9.10. The largest absolute Gasteiger partial charge is 0.382 e. The Morgan fingerprint density at radius 1 is 1.44 bits per heavy atom. The Balaban J connectivity index is 1.88. The average Bonchev–Trinajstić information content (AvgIpc) is 2.37. The fourth-order valence-corrected chi connectivity index (χ4v) is 2.68. The van der Waals surface area contributed by atoms with Crippen molar-refractivity contribution in [2.24, 2.45) is 0 Å². The summed E-state index contributed by atoms with van der Waals surface area (Å²) in [7, 11) is 0. The molecule has 1 aliphatic rings. The van der Waals surface area contributed by atoms with Crippen LogP contribution in [-0.2, 0) is 0 Å². The average molecular weight is 328 g/mol. The lowest BCUT2D eigenvalue weighted by Gasteiger charge is -2.31. The molecule has 2 nitrogen and oxygen atoms in total. The fourth-order valence-electron chi connectivity index (χ4n) is 2.19. The summed E-state index contributed by atoms with van der Waals surface area (Å²) in [4.78, 5) is 2.32. The highest BCUT2D eigenvalue weighted by atomic mass is 79.9. The molecule has 1 aliphatic heterocycles. The van der Waals surface area contributed by atoms with Gasteiger partial charge in [0.1, 0.15) is 0 Å². The van der Waals surface area contributed by atoms with Crippen LogP contribution < -0.4 is 5.32 Å². The Bertz CT molecular complexity index is 448. The summed E-state index contributed by atoms with van der Waals surface area (Å²) in [5.74, 6) is 2.70. The maximum Gasteiger partial charge on any atom is 0.0598 e. The molecule has 0 atom stereocenters. The van der Waals surface area contributed by atoms with E-state index in [0.717, 1.165) is 47.7 Å². The van der Waals surface area contributed by atoms with Crippen LogP contribution in [0.2, 0.25) is 5.02 Å². The van der Waals surface area contributed by atoms with Gasteiger partial charge in [-0.05, 0) is 47.0 Å². The van der Waals surface area contributed by atoms with Crippen LogP contribution in [0.5, 0.6) is 0 Å². The standard InChI is InChI=1S/C14H16BrClN2/c1-2-7-18-8-5-11(6-9-18)17-12-3-4-14(16)13(15)10-12/h1,3-4,10-11,17H,5-9H2. The van der Waals surface area contributed by atoms with Gasteiger partial charge in [-0.3, -0.25) is 4.90 Å². The van der Waals surface area contributed by atoms with E-state index in [1.165, 1.54) is 0 Å². The van der Waals surface area contributed by atoms with E-state index in [9.17, 15) is 0 Å². The first-order chi connectivity index (χ1) is 8.69. The number of terminal acetylenes is 1. The first-order valence-corrected chi connectivity index (χ1v) is 7.23. The van der Waals surface area contributed by atoms with Crippen LogP contribution in [-0.4, -0.2) is 30.6 Å². The second-order valence-electron chi connectivity index (χ2n) is 4.53. The molecule has 1 saturated heterocycles. The molecule has 0 amide bonds. The molecule has 1 N–H and O–H groups in total. The van der Waals surface area contributed by atoms with Gasteiger partial charge in [0, 0.05) is 29.3 Å². The molecule has 2 rings (SSSR count). The molecule has 1 heterocycles. The van der Waals surface area contributed by atoms with Crippen LogP contribution in [0.25, 0.3) is 0 Å². The van der Waals surface area contributed by atoms with Crippen molar-refractivity contribution >= 4 is 33.2 Å². The SMILES string of the molecule is C#CCN1CCC(Nc2ccc(Cl)c(Br)c2)CC1. The van der Waals surface area contributed by atoms with Gasteiger partial charge < -0.3 is 5.32 Å². The Morgan fingerprint density at radius 3 is 2.78 bits per heavy atom. The number of nitrogens with zero attached hydrogens (tertiary/aromatic N) is 1. The van der Waals surface area contributed by atoms with Crippen molar-refractivity contribution in [3.63, 3.8) is 0 Å². The molecule has 0 spiro atoms. The zero-order valence-corrected chi connectivity index (χ0v) is 12.5. The number of nitrogens with one attached hydrogen (secondary N) is 1. The quantitative estimate of drug-likeness (QED) is 0.853. The van der Waals surface area contributed by atoms with Gasteiger partial charge in [0.2, 0.25) is 0 Å². The first kappa shape index (κ1) is 13.7. The van der Waals surface area contributed by atoms with E-state index >= 15 is 0 Å². The molecule has 0 aliphatic carbocycles. The molecule has 1 aromatic rings. The van der Waals surface area contributed by atoms with Crippen molar-refractivity contribution in [3.05, 3.63) is 27.7 Å². The third-order valence-electron chi connectivity index (χ3n) is 3.19. The maximum atomic E-state index is 5.98. The smallest absolute Gasteiger partial charge is 0.0598 e. The van der Waals surface area contributed by atoms with Crippen LogP contribution >= 0.6 is 27.5 Å². The molecule has 0 unspecified atom stereocenters. The van der Waals surface area contributed by atoms with Gasteiger partial charge in [0.25, 0.3) is 0 Å². The molecule has 0 radical (unpaired) electrons. The minimum atomic E-state index is 0.520. The molecule has 18 heavy (non-hydrogen) atoms. The number of rotatable bonds is 3. The molecule has 1 fully saturated rings. The summed E-state index contributed by atoms with van der Waals surface area (Å²) in [6.07, 6.45) is 7.58. The van der Waals surface area contributed by atoms with Gasteiger partial charge in [-0.15, -0.1) is 6.42 Å². The number of hydrogen-bond donors (Lipinski definition) is 1. The molecular formula is C14H16BrClN2. The number of halogens is 2. The molecule has 4 heteroatoms. The Kier molecular flexibility index (Phi) is 4.94. The van der Waals surface area contributed by atoms with Crippen molar-refractivity contribution in [1.29, 1.82) is 0 Å². The minimum absolute atomic E-state index is 0.520. The van der Waals surface area contributed by atoms with E-state index < -0.39 is 0 Å². The third-order valence-corrected chi connectivity index (χ3v) is 4.41. The van der Waals surface area contributed by atoms with Crippen LogP contribution in [0.15, 0.2) is 22.7 Å². The summed E-state index contributed by atoms with van der Waals surface area (Å²) in [6.45, 7) is 2.90. The molecule has 1 aromatic carbocycles. The normalized spacial score (nSPS) is 17.4. The van der Waals surface area contributed by atoms with Gasteiger partial charge in [0.05, 0.1) is 11.6 Å². The van der Waals surface area contributed by atoms with Crippen LogP contribution in [0.1, 0.15) is 12.8 Å². The van der Waals surface area contributed by atoms with E-state index in [0.29, 0.717) is 6.04 Å². The van der Waals surface area contributed by atoms with E-state index in [2.05, 4.69) is 32.1 Å². The highest BCUT2D eigenvalue weighted by Gasteiger charge is 2.18. The highest BCUT2D eigenvalue weighted by Crippen LogP contribution is 2.26. The molecule has 0 saturated carbocycles. The fraction of sp³-hybridized carbons (Fsp3) is 0.429. The molecule has 0 bridgehead atoms. The monoisotopic (exact) mass is 326 g/mol. The van der Waals surface area contributed by atoms with Crippen molar-refractivity contribution in [3.8, 4) is 12.3 Å². The summed E-state index contributed by atoms with van der Waals surface area (Å²) in [5.41, 5.74) is 1.11. The second kappa shape index (κ2) is 6.47. The topological polar surface area (TPSA) is 15.3 Å². The van der Waals surface area contributed by atoms with Crippen molar-refractivity contribution < 1.29 is 0 Å². The molecule has 0 aromatic heterocycles. The van der Waals surface area contributed by atoms with Crippen LogP contribution in [0.4, 0.5) is 5.69 Å². The van der Waals surface area contributed by atoms with Gasteiger partial charge in [-0.25, -0.2) is 0 Å². The van der Waals surface area contributed by atoms with Gasteiger partial charge in [-0.1, -0.05) is 17.5 Å². The van der Waals surface area contributed by atoms with Crippen LogP contribution in [0, 0.1) is 12.3 Å². The molecule has 96 valence electrons. The Hall–Kier alpha value is -0.690. The third kappa shape index (κ3) is 3.65. The van der Waals surface area contributed by atoms with Crippen LogP contribution in [0.3, 0.4) is 0 Å². The van der Waals surface area contributed by atoms with E-state index in [1.54, 1.807) is 0 Å².